The van der Waals surface area contributed by atoms with Crippen molar-refractivity contribution in [3.8, 4) is 11.5 Å². The molecule has 0 spiro atoms. The maximum absolute atomic E-state index is 10.9. The highest BCUT2D eigenvalue weighted by Crippen LogP contribution is 2.25. The molecule has 0 fully saturated rings. The van der Waals surface area contributed by atoms with Gasteiger partial charge in [0, 0.05) is 6.42 Å². The molecule has 0 bridgehead atoms. The molecule has 4 nitrogen and oxygen atoms in total. The quantitative estimate of drug-likeness (QED) is 0.412. The molecule has 0 aliphatic heterocycles. The molecule has 4 heteroatoms. The van der Waals surface area contributed by atoms with Gasteiger partial charge in [0.25, 0.3) is 0 Å². The Morgan fingerprint density at radius 1 is 1.05 bits per heavy atom. The van der Waals surface area contributed by atoms with E-state index >= 15 is 0 Å². The Kier molecular flexibility index (Phi) is 7.55. The van der Waals surface area contributed by atoms with Gasteiger partial charge in [-0.25, -0.2) is 0 Å². The summed E-state index contributed by atoms with van der Waals surface area (Å²) in [7, 11) is 0. The highest BCUT2D eigenvalue weighted by atomic mass is 16.5. The van der Waals surface area contributed by atoms with Crippen LogP contribution in [0, 0.1) is 0 Å². The maximum atomic E-state index is 10.9. The van der Waals surface area contributed by atoms with E-state index < -0.39 is 0 Å². The van der Waals surface area contributed by atoms with Crippen molar-refractivity contribution in [2.24, 2.45) is 0 Å². The lowest BCUT2D eigenvalue weighted by Crippen LogP contribution is -2.03. The molecule has 0 saturated carbocycles. The van der Waals surface area contributed by atoms with E-state index in [1.54, 1.807) is 13.0 Å². The van der Waals surface area contributed by atoms with Crippen LogP contribution in [0.25, 0.3) is 0 Å². The van der Waals surface area contributed by atoms with Crippen LogP contribution in [0.3, 0.4) is 0 Å². The van der Waals surface area contributed by atoms with Crippen LogP contribution in [0.1, 0.15) is 51.0 Å². The third-order valence-electron chi connectivity index (χ3n) is 3.20. The largest absolute Gasteiger partial charge is 0.504 e. The van der Waals surface area contributed by atoms with Gasteiger partial charge in [-0.2, -0.15) is 0 Å². The maximum Gasteiger partial charge on any atom is 0.305 e. The average molecular weight is 280 g/mol. The molecular weight excluding hydrogens is 256 g/mol. The van der Waals surface area contributed by atoms with Gasteiger partial charge in [-0.1, -0.05) is 32.3 Å². The molecule has 20 heavy (non-hydrogen) atoms. The second-order valence-corrected chi connectivity index (χ2v) is 4.91. The van der Waals surface area contributed by atoms with Gasteiger partial charge in [-0.05, 0) is 37.0 Å². The molecule has 0 saturated heterocycles. The van der Waals surface area contributed by atoms with E-state index in [1.165, 1.54) is 6.07 Å². The highest BCUT2D eigenvalue weighted by Gasteiger charge is 2.01. The zero-order valence-corrected chi connectivity index (χ0v) is 12.1. The van der Waals surface area contributed by atoms with Crippen molar-refractivity contribution >= 4 is 5.97 Å². The predicted octanol–water partition coefficient (Wildman–Crippen LogP) is 3.54. The topological polar surface area (TPSA) is 66.8 Å². The lowest BCUT2D eigenvalue weighted by Gasteiger charge is -2.05. The van der Waals surface area contributed by atoms with Gasteiger partial charge in [0.15, 0.2) is 11.5 Å². The van der Waals surface area contributed by atoms with E-state index in [4.69, 9.17) is 4.74 Å². The van der Waals surface area contributed by atoms with Crippen molar-refractivity contribution < 1.29 is 19.7 Å². The Balaban J connectivity index is 2.02. The Morgan fingerprint density at radius 3 is 2.45 bits per heavy atom. The van der Waals surface area contributed by atoms with Gasteiger partial charge in [0.1, 0.15) is 0 Å². The molecule has 0 aliphatic rings. The van der Waals surface area contributed by atoms with E-state index in [-0.39, 0.29) is 17.5 Å². The molecular formula is C16H24O4. The van der Waals surface area contributed by atoms with Crippen LogP contribution in [0.4, 0.5) is 0 Å². The van der Waals surface area contributed by atoms with Crippen LogP contribution < -0.4 is 0 Å². The zero-order valence-electron chi connectivity index (χ0n) is 12.1. The number of carbonyl (C=O) groups is 1. The number of hydrogen-bond acceptors (Lipinski definition) is 4. The van der Waals surface area contributed by atoms with Crippen LogP contribution in [0.2, 0.25) is 0 Å². The minimum atomic E-state index is -0.128. The monoisotopic (exact) mass is 280 g/mol. The lowest BCUT2D eigenvalue weighted by molar-refractivity contribution is -0.143. The van der Waals surface area contributed by atoms with Crippen LogP contribution in [0.5, 0.6) is 11.5 Å². The second kappa shape index (κ2) is 9.23. The Morgan fingerprint density at radius 2 is 1.75 bits per heavy atom. The molecule has 0 atom stereocenters. The molecule has 0 aliphatic carbocycles. The molecule has 1 rings (SSSR count). The molecule has 1 aromatic rings. The fraction of sp³-hybridized carbons (Fsp3) is 0.562. The summed E-state index contributed by atoms with van der Waals surface area (Å²) in [5.74, 6) is -0.257. The number of phenolic OH excluding ortho intramolecular Hbond substituents is 2. The van der Waals surface area contributed by atoms with Crippen LogP contribution in [-0.4, -0.2) is 22.8 Å². The molecule has 0 aromatic heterocycles. The van der Waals surface area contributed by atoms with Crippen molar-refractivity contribution in [1.82, 2.24) is 0 Å². The van der Waals surface area contributed by atoms with E-state index in [0.717, 1.165) is 44.1 Å². The summed E-state index contributed by atoms with van der Waals surface area (Å²) in [6.45, 7) is 2.32. The molecule has 0 heterocycles. The minimum Gasteiger partial charge on any atom is -0.504 e. The van der Waals surface area contributed by atoms with E-state index in [9.17, 15) is 15.0 Å². The second-order valence-electron chi connectivity index (χ2n) is 4.91. The number of aromatic hydroxyl groups is 2. The number of benzene rings is 1. The molecule has 0 radical (unpaired) electrons. The van der Waals surface area contributed by atoms with Crippen LogP contribution in [0.15, 0.2) is 18.2 Å². The standard InChI is InChI=1S/C16H24O4/c1-2-16(19)20-11-7-5-3-4-6-8-13-9-10-14(17)15(18)12-13/h9-10,12,17-18H,2-8,11H2,1H3. The number of carbonyl (C=O) groups excluding carboxylic acids is 1. The number of rotatable bonds is 9. The van der Waals surface area contributed by atoms with E-state index in [2.05, 4.69) is 0 Å². The fourth-order valence-corrected chi connectivity index (χ4v) is 1.97. The Hall–Kier alpha value is -1.71. The number of phenols is 2. The first kappa shape index (κ1) is 16.3. The van der Waals surface area contributed by atoms with Crippen molar-refractivity contribution in [2.45, 2.75) is 51.9 Å². The van der Waals surface area contributed by atoms with Gasteiger partial charge in [0.05, 0.1) is 6.61 Å². The van der Waals surface area contributed by atoms with Gasteiger partial charge in [-0.15, -0.1) is 0 Å². The van der Waals surface area contributed by atoms with Gasteiger partial charge in [0.2, 0.25) is 0 Å². The summed E-state index contributed by atoms with van der Waals surface area (Å²) in [4.78, 5) is 10.9. The first-order valence-electron chi connectivity index (χ1n) is 7.30. The molecule has 112 valence electrons. The number of unbranched alkanes of at least 4 members (excludes halogenated alkanes) is 4. The number of esters is 1. The summed E-state index contributed by atoms with van der Waals surface area (Å²) in [5, 5.41) is 18.6. The summed E-state index contributed by atoms with van der Waals surface area (Å²) in [5.41, 5.74) is 1.04. The lowest BCUT2D eigenvalue weighted by atomic mass is 10.1. The third-order valence-corrected chi connectivity index (χ3v) is 3.20. The average Bonchev–Trinajstić information content (AvgIpc) is 2.45. The highest BCUT2D eigenvalue weighted by molar-refractivity contribution is 5.68. The zero-order chi connectivity index (χ0) is 14.8. The molecule has 0 amide bonds. The van der Waals surface area contributed by atoms with Crippen molar-refractivity contribution in [1.29, 1.82) is 0 Å². The van der Waals surface area contributed by atoms with E-state index in [0.29, 0.717) is 13.0 Å². The summed E-state index contributed by atoms with van der Waals surface area (Å²) < 4.78 is 5.00. The Labute approximate surface area is 120 Å². The van der Waals surface area contributed by atoms with Gasteiger partial charge < -0.3 is 14.9 Å². The Bertz CT molecular complexity index is 415. The molecule has 1 aromatic carbocycles. The first-order valence-corrected chi connectivity index (χ1v) is 7.30. The van der Waals surface area contributed by atoms with Crippen molar-refractivity contribution in [3.05, 3.63) is 23.8 Å². The minimum absolute atomic E-state index is 0.0553. The third kappa shape index (κ3) is 6.45. The van der Waals surface area contributed by atoms with Gasteiger partial charge in [-0.3, -0.25) is 4.79 Å². The molecule has 2 N–H and O–H groups in total. The van der Waals surface area contributed by atoms with Crippen LogP contribution >= 0.6 is 0 Å². The number of hydrogen-bond donors (Lipinski definition) is 2. The molecule has 0 unspecified atom stereocenters. The normalized spacial score (nSPS) is 10.4. The first-order chi connectivity index (χ1) is 9.63. The summed E-state index contributed by atoms with van der Waals surface area (Å²) in [6.07, 6.45) is 6.62. The van der Waals surface area contributed by atoms with Gasteiger partial charge >= 0.3 is 5.97 Å². The fourth-order valence-electron chi connectivity index (χ4n) is 1.97. The summed E-state index contributed by atoms with van der Waals surface area (Å²) in [6, 6.07) is 4.96. The smallest absolute Gasteiger partial charge is 0.305 e. The van der Waals surface area contributed by atoms with E-state index in [1.807, 2.05) is 6.07 Å². The summed E-state index contributed by atoms with van der Waals surface area (Å²) >= 11 is 0. The van der Waals surface area contributed by atoms with Crippen molar-refractivity contribution in [2.75, 3.05) is 6.61 Å². The number of ether oxygens (including phenoxy) is 1. The predicted molar refractivity (Wildman–Crippen MR) is 77.8 cm³/mol. The van der Waals surface area contributed by atoms with Crippen molar-refractivity contribution in [3.63, 3.8) is 0 Å². The SMILES string of the molecule is CCC(=O)OCCCCCCCc1ccc(O)c(O)c1. The number of aryl methyl sites for hydroxylation is 1. The van der Waals surface area contributed by atoms with Crippen LogP contribution in [-0.2, 0) is 16.0 Å².